The average Bonchev–Trinajstić information content (AvgIpc) is 3.05. The molecule has 8 heteroatoms. The Hall–Kier alpha value is -2.19. The summed E-state index contributed by atoms with van der Waals surface area (Å²) in [7, 11) is -3.71. The first kappa shape index (κ1) is 18.2. The van der Waals surface area contributed by atoms with Gasteiger partial charge in [0.15, 0.2) is 0 Å². The van der Waals surface area contributed by atoms with Gasteiger partial charge in [-0.15, -0.1) is 0 Å². The van der Waals surface area contributed by atoms with E-state index in [2.05, 4.69) is 15.2 Å². The van der Waals surface area contributed by atoms with Gasteiger partial charge in [0, 0.05) is 12.1 Å². The van der Waals surface area contributed by atoms with Gasteiger partial charge in [0.1, 0.15) is 6.26 Å². The van der Waals surface area contributed by atoms with E-state index in [9.17, 15) is 13.2 Å². The maximum Gasteiger partial charge on any atom is 0.241 e. The summed E-state index contributed by atoms with van der Waals surface area (Å²) in [6.07, 6.45) is 4.63. The molecule has 130 valence electrons. The number of hydrogen-bond acceptors (Lipinski definition) is 5. The topological polar surface area (TPSA) is 101 Å². The number of aromatic nitrogens is 1. The largest absolute Gasteiger partial charge is 0.364 e. The maximum absolute atomic E-state index is 12.3. The Morgan fingerprint density at radius 2 is 2.08 bits per heavy atom. The molecule has 0 saturated carbocycles. The van der Waals surface area contributed by atoms with Gasteiger partial charge in [-0.2, -0.15) is 0 Å². The van der Waals surface area contributed by atoms with E-state index in [1.54, 1.807) is 31.5 Å². The van der Waals surface area contributed by atoms with E-state index in [1.807, 2.05) is 13.0 Å². The first-order chi connectivity index (χ1) is 11.4. The van der Waals surface area contributed by atoms with Crippen LogP contribution in [0.3, 0.4) is 0 Å². The molecular weight excluding hydrogens is 330 g/mol. The summed E-state index contributed by atoms with van der Waals surface area (Å²) < 4.78 is 31.6. The van der Waals surface area contributed by atoms with Crippen LogP contribution in [0.5, 0.6) is 0 Å². The molecular formula is C16H21N3O4S. The molecule has 2 rings (SSSR count). The van der Waals surface area contributed by atoms with Gasteiger partial charge >= 0.3 is 0 Å². The fraction of sp³-hybridized carbons (Fsp3) is 0.375. The van der Waals surface area contributed by atoms with Gasteiger partial charge < -0.3 is 9.84 Å². The van der Waals surface area contributed by atoms with Crippen LogP contribution in [0, 0.1) is 13.8 Å². The molecule has 1 amide bonds. The first-order valence-corrected chi connectivity index (χ1v) is 9.08. The fourth-order valence-corrected chi connectivity index (χ4v) is 3.48. The second-order valence-electron chi connectivity index (χ2n) is 5.58. The quantitative estimate of drug-likeness (QED) is 0.699. The van der Waals surface area contributed by atoms with E-state index in [0.29, 0.717) is 12.1 Å². The van der Waals surface area contributed by atoms with Crippen molar-refractivity contribution >= 4 is 15.9 Å². The Kier molecular flexibility index (Phi) is 6.10. The highest BCUT2D eigenvalue weighted by Gasteiger charge is 2.17. The van der Waals surface area contributed by atoms with Crippen molar-refractivity contribution in [3.8, 4) is 0 Å². The van der Waals surface area contributed by atoms with Gasteiger partial charge in [-0.1, -0.05) is 17.3 Å². The normalized spacial score (nSPS) is 11.4. The lowest BCUT2D eigenvalue weighted by Crippen LogP contribution is -2.37. The lowest BCUT2D eigenvalue weighted by molar-refractivity contribution is -0.119. The lowest BCUT2D eigenvalue weighted by Gasteiger charge is -2.10. The molecule has 7 nitrogen and oxygen atoms in total. The van der Waals surface area contributed by atoms with Crippen LogP contribution in [0.25, 0.3) is 0 Å². The molecule has 0 unspecified atom stereocenters. The molecule has 0 fully saturated rings. The molecule has 0 saturated heterocycles. The zero-order valence-electron chi connectivity index (χ0n) is 13.7. The van der Waals surface area contributed by atoms with E-state index in [1.165, 1.54) is 0 Å². The Labute approximate surface area is 141 Å². The van der Waals surface area contributed by atoms with Crippen molar-refractivity contribution in [2.75, 3.05) is 13.1 Å². The second-order valence-corrected chi connectivity index (χ2v) is 7.32. The predicted molar refractivity (Wildman–Crippen MR) is 88.9 cm³/mol. The number of carbonyl (C=O) groups excluding carboxylic acids is 1. The van der Waals surface area contributed by atoms with E-state index in [-0.39, 0.29) is 17.3 Å². The Morgan fingerprint density at radius 1 is 1.29 bits per heavy atom. The molecule has 0 aliphatic rings. The third-order valence-corrected chi connectivity index (χ3v) is 5.05. The van der Waals surface area contributed by atoms with Crippen molar-refractivity contribution in [1.29, 1.82) is 0 Å². The van der Waals surface area contributed by atoms with Crippen molar-refractivity contribution in [2.24, 2.45) is 0 Å². The molecule has 1 aromatic heterocycles. The summed E-state index contributed by atoms with van der Waals surface area (Å²) in [5.41, 5.74) is 2.45. The van der Waals surface area contributed by atoms with Gasteiger partial charge in [-0.05, 0) is 43.9 Å². The van der Waals surface area contributed by atoms with Gasteiger partial charge in [0.2, 0.25) is 15.9 Å². The Bertz CT molecular complexity index is 786. The summed E-state index contributed by atoms with van der Waals surface area (Å²) in [6, 6.07) is 5.18. The molecule has 2 aromatic rings. The first-order valence-electron chi connectivity index (χ1n) is 7.60. The number of nitrogens with zero attached hydrogens (tertiary/aromatic N) is 1. The summed E-state index contributed by atoms with van der Waals surface area (Å²) in [6.45, 7) is 3.71. The van der Waals surface area contributed by atoms with Crippen LogP contribution in [0.4, 0.5) is 0 Å². The minimum absolute atomic E-state index is 0.197. The monoisotopic (exact) mass is 351 g/mol. The van der Waals surface area contributed by atoms with Crippen molar-refractivity contribution in [2.45, 2.75) is 31.6 Å². The summed E-state index contributed by atoms with van der Waals surface area (Å²) >= 11 is 0. The van der Waals surface area contributed by atoms with Crippen molar-refractivity contribution in [3.63, 3.8) is 0 Å². The average molecular weight is 351 g/mol. The molecule has 24 heavy (non-hydrogen) atoms. The maximum atomic E-state index is 12.3. The highest BCUT2D eigenvalue weighted by atomic mass is 32.2. The van der Waals surface area contributed by atoms with Crippen LogP contribution in [0.15, 0.2) is 40.1 Å². The molecule has 0 aliphatic carbocycles. The van der Waals surface area contributed by atoms with E-state index < -0.39 is 10.0 Å². The third kappa shape index (κ3) is 5.17. The predicted octanol–water partition coefficient (Wildman–Crippen LogP) is 1.32. The zero-order valence-corrected chi connectivity index (χ0v) is 14.5. The summed E-state index contributed by atoms with van der Waals surface area (Å²) in [4.78, 5) is 12.0. The number of sulfonamides is 1. The molecule has 1 aromatic carbocycles. The van der Waals surface area contributed by atoms with Crippen molar-refractivity contribution in [1.82, 2.24) is 15.2 Å². The van der Waals surface area contributed by atoms with Crippen LogP contribution in [0.2, 0.25) is 0 Å². The molecule has 0 radical (unpaired) electrons. The van der Waals surface area contributed by atoms with E-state index in [4.69, 9.17) is 4.52 Å². The second kappa shape index (κ2) is 8.07. The standard InChI is InChI=1S/C16H21N3O4S/c1-12-5-6-13(2)15(8-12)24(21,22)19-10-16(20)17-7-3-4-14-9-18-23-11-14/h5-6,8-9,11,19H,3-4,7,10H2,1-2H3,(H,17,20). The van der Waals surface area contributed by atoms with Crippen molar-refractivity contribution < 1.29 is 17.7 Å². The number of rotatable bonds is 8. The van der Waals surface area contributed by atoms with Gasteiger partial charge in [0.25, 0.3) is 0 Å². The Morgan fingerprint density at radius 3 is 2.79 bits per heavy atom. The van der Waals surface area contributed by atoms with E-state index in [0.717, 1.165) is 24.0 Å². The molecule has 0 aliphatic heterocycles. The van der Waals surface area contributed by atoms with Crippen LogP contribution in [0.1, 0.15) is 23.1 Å². The number of amides is 1. The molecule has 0 bridgehead atoms. The smallest absolute Gasteiger partial charge is 0.241 e. The van der Waals surface area contributed by atoms with Crippen molar-refractivity contribution in [3.05, 3.63) is 47.3 Å². The van der Waals surface area contributed by atoms with Gasteiger partial charge in [0.05, 0.1) is 17.6 Å². The number of benzene rings is 1. The number of nitrogens with one attached hydrogen (secondary N) is 2. The molecule has 0 atom stereocenters. The molecule has 2 N–H and O–H groups in total. The molecule has 1 heterocycles. The fourth-order valence-electron chi connectivity index (χ4n) is 2.17. The van der Waals surface area contributed by atoms with Crippen LogP contribution in [-0.2, 0) is 21.2 Å². The van der Waals surface area contributed by atoms with Crippen LogP contribution >= 0.6 is 0 Å². The Balaban J connectivity index is 1.79. The zero-order chi connectivity index (χ0) is 17.6. The number of aryl methyl sites for hydroxylation is 3. The lowest BCUT2D eigenvalue weighted by atomic mass is 10.2. The highest BCUT2D eigenvalue weighted by molar-refractivity contribution is 7.89. The third-order valence-electron chi connectivity index (χ3n) is 3.50. The van der Waals surface area contributed by atoms with Gasteiger partial charge in [-0.25, -0.2) is 13.1 Å². The minimum atomic E-state index is -3.71. The summed E-state index contributed by atoms with van der Waals surface area (Å²) in [5, 5.41) is 6.27. The minimum Gasteiger partial charge on any atom is -0.364 e. The van der Waals surface area contributed by atoms with Crippen LogP contribution in [-0.4, -0.2) is 32.6 Å². The summed E-state index contributed by atoms with van der Waals surface area (Å²) in [5.74, 6) is -0.366. The van der Waals surface area contributed by atoms with Crippen LogP contribution < -0.4 is 10.0 Å². The SMILES string of the molecule is Cc1ccc(C)c(S(=O)(=O)NCC(=O)NCCCc2cnoc2)c1. The number of hydrogen-bond donors (Lipinski definition) is 2. The highest BCUT2D eigenvalue weighted by Crippen LogP contribution is 2.16. The molecule has 0 spiro atoms. The van der Waals surface area contributed by atoms with E-state index >= 15 is 0 Å². The number of carbonyl (C=O) groups is 1. The van der Waals surface area contributed by atoms with Gasteiger partial charge in [-0.3, -0.25) is 4.79 Å².